The molecule has 2 aromatic rings. The Morgan fingerprint density at radius 2 is 2.03 bits per heavy atom. The summed E-state index contributed by atoms with van der Waals surface area (Å²) < 4.78 is 33.9. The third-order valence-corrected chi connectivity index (χ3v) is 5.98. The van der Waals surface area contributed by atoms with Gasteiger partial charge in [-0.1, -0.05) is 6.07 Å². The minimum absolute atomic E-state index is 0.0537. The molecule has 2 N–H and O–H groups in total. The number of carbonyl (C=O) groups is 2. The highest BCUT2D eigenvalue weighted by Gasteiger charge is 2.53. The highest BCUT2D eigenvalue weighted by molar-refractivity contribution is 5.90. The number of halogens is 2. The molecule has 3 fully saturated rings. The van der Waals surface area contributed by atoms with Gasteiger partial charge < -0.3 is 15.4 Å². The number of hydrogen-bond acceptors (Lipinski definition) is 6. The quantitative estimate of drug-likeness (QED) is 0.734. The summed E-state index contributed by atoms with van der Waals surface area (Å²) in [6, 6.07) is 7.57. The Kier molecular flexibility index (Phi) is 6.51. The Morgan fingerprint density at radius 1 is 1.33 bits per heavy atom. The maximum absolute atomic E-state index is 14.4. The van der Waals surface area contributed by atoms with Crippen molar-refractivity contribution < 1.29 is 23.1 Å². The van der Waals surface area contributed by atoms with E-state index in [0.717, 1.165) is 42.0 Å². The molecular weight excluding hydrogens is 432 g/mol. The van der Waals surface area contributed by atoms with Crippen molar-refractivity contribution in [2.45, 2.75) is 13.0 Å². The lowest BCUT2D eigenvalue weighted by molar-refractivity contribution is -0.119. The number of nitrogens with one attached hydrogen (secondary N) is 2. The summed E-state index contributed by atoms with van der Waals surface area (Å²) in [5, 5.41) is 14.2. The van der Waals surface area contributed by atoms with E-state index in [1.165, 1.54) is 19.3 Å². The molecule has 33 heavy (non-hydrogen) atoms. The van der Waals surface area contributed by atoms with Crippen molar-refractivity contribution in [3.05, 3.63) is 48.3 Å². The van der Waals surface area contributed by atoms with Gasteiger partial charge in [0, 0.05) is 24.9 Å². The fourth-order valence-electron chi connectivity index (χ4n) is 4.21. The van der Waals surface area contributed by atoms with Gasteiger partial charge in [0.25, 0.3) is 0 Å². The molecule has 10 heteroatoms. The molecule has 3 heterocycles. The summed E-state index contributed by atoms with van der Waals surface area (Å²) in [6.45, 7) is 3.74. The second-order valence-corrected chi connectivity index (χ2v) is 8.22. The monoisotopic (exact) mass is 455 g/mol. The number of ether oxygens (including phenoxy) is 1. The number of amides is 2. The van der Waals surface area contributed by atoms with E-state index in [-0.39, 0.29) is 30.2 Å². The van der Waals surface area contributed by atoms with Crippen LogP contribution in [0.25, 0.3) is 11.1 Å². The second-order valence-electron chi connectivity index (χ2n) is 8.22. The molecule has 0 spiro atoms. The van der Waals surface area contributed by atoms with Gasteiger partial charge in [-0.3, -0.25) is 14.7 Å². The van der Waals surface area contributed by atoms with E-state index in [9.17, 15) is 18.4 Å². The zero-order valence-corrected chi connectivity index (χ0v) is 17.9. The van der Waals surface area contributed by atoms with Gasteiger partial charge in [-0.25, -0.2) is 13.6 Å². The zero-order chi connectivity index (χ0) is 23.5. The molecule has 1 aliphatic carbocycles. The van der Waals surface area contributed by atoms with Crippen LogP contribution in [0.1, 0.15) is 6.92 Å². The van der Waals surface area contributed by atoms with Crippen LogP contribution in [0.15, 0.2) is 36.7 Å². The van der Waals surface area contributed by atoms with Crippen molar-refractivity contribution in [3.8, 4) is 17.2 Å². The molecule has 2 aliphatic heterocycles. The van der Waals surface area contributed by atoms with Crippen molar-refractivity contribution in [3.63, 3.8) is 0 Å². The standard InChI is InChI=1S/C17H15F2N3O3.C6H8N2/c1-10(23)21-8-13-9-22(17(24)25-13)12-5-14(18)16(15(19)6-12)11-3-2-4-20-7-11;7-1-4-5-2-8-3-6(4)5/h2-7,13H,8-9H2,1H3,(H,21,23);4-6,8H,2-3H2/t;4?,5-,6+. The number of anilines is 1. The number of nitriles is 1. The Labute approximate surface area is 189 Å². The normalized spacial score (nSPS) is 24.8. The van der Waals surface area contributed by atoms with Crippen LogP contribution in [0.2, 0.25) is 0 Å². The topological polar surface area (TPSA) is 107 Å². The smallest absolute Gasteiger partial charge is 0.414 e. The van der Waals surface area contributed by atoms with Crippen LogP contribution >= 0.6 is 0 Å². The number of carbonyl (C=O) groups excluding carboxylic acids is 2. The van der Waals surface area contributed by atoms with Crippen LogP contribution in [-0.2, 0) is 9.53 Å². The van der Waals surface area contributed by atoms with E-state index in [4.69, 9.17) is 10.00 Å². The fourth-order valence-corrected chi connectivity index (χ4v) is 4.21. The fraction of sp³-hybridized carbons (Fsp3) is 0.391. The van der Waals surface area contributed by atoms with Gasteiger partial charge >= 0.3 is 6.09 Å². The molecular formula is C23H23F2N5O3. The van der Waals surface area contributed by atoms with Gasteiger partial charge in [0.15, 0.2) is 0 Å². The predicted octanol–water partition coefficient (Wildman–Crippen LogP) is 2.46. The average Bonchev–Trinajstić information content (AvgIpc) is 3.09. The number of cyclic esters (lactones) is 1. The Hall–Kier alpha value is -3.58. The van der Waals surface area contributed by atoms with E-state index in [0.29, 0.717) is 11.5 Å². The first kappa shape index (κ1) is 22.6. The van der Waals surface area contributed by atoms with Gasteiger partial charge in [-0.2, -0.15) is 5.26 Å². The first-order valence-corrected chi connectivity index (χ1v) is 10.6. The van der Waals surface area contributed by atoms with Crippen LogP contribution in [0.3, 0.4) is 0 Å². The molecule has 2 amide bonds. The highest BCUT2D eigenvalue weighted by atomic mass is 19.1. The van der Waals surface area contributed by atoms with E-state index < -0.39 is 23.8 Å². The summed E-state index contributed by atoms with van der Waals surface area (Å²) in [5.41, 5.74) is 0.147. The summed E-state index contributed by atoms with van der Waals surface area (Å²) >= 11 is 0. The number of benzene rings is 1. The molecule has 1 aromatic carbocycles. The Morgan fingerprint density at radius 3 is 2.58 bits per heavy atom. The largest absolute Gasteiger partial charge is 0.442 e. The van der Waals surface area contributed by atoms with Crippen molar-refractivity contribution in [1.29, 1.82) is 5.26 Å². The molecule has 1 aromatic heterocycles. The Bertz CT molecular complexity index is 1060. The lowest BCUT2D eigenvalue weighted by Crippen LogP contribution is -2.33. The van der Waals surface area contributed by atoms with Gasteiger partial charge in [-0.15, -0.1) is 0 Å². The number of rotatable bonds is 4. The van der Waals surface area contributed by atoms with Crippen LogP contribution in [0.4, 0.5) is 19.3 Å². The SMILES string of the molecule is CC(=O)NCC1CN(c2cc(F)c(-c3cccnc3)c(F)c2)C(=O)O1.N#CC1[C@H]2CNC[C@@H]12. The van der Waals surface area contributed by atoms with Crippen LogP contribution in [0.5, 0.6) is 0 Å². The molecule has 2 unspecified atom stereocenters. The minimum atomic E-state index is -0.805. The highest BCUT2D eigenvalue weighted by Crippen LogP contribution is 2.47. The van der Waals surface area contributed by atoms with Crippen molar-refractivity contribution in [2.75, 3.05) is 31.1 Å². The first-order chi connectivity index (χ1) is 15.9. The number of piperidine rings is 1. The second kappa shape index (κ2) is 9.50. The number of fused-ring (bicyclic) bond motifs is 1. The van der Waals surface area contributed by atoms with Crippen LogP contribution in [0, 0.1) is 40.7 Å². The Balaban J connectivity index is 0.000000269. The number of pyridine rings is 1. The van der Waals surface area contributed by atoms with Crippen molar-refractivity contribution in [1.82, 2.24) is 15.6 Å². The molecule has 8 nitrogen and oxygen atoms in total. The minimum Gasteiger partial charge on any atom is -0.442 e. The van der Waals surface area contributed by atoms with E-state index in [1.54, 1.807) is 12.1 Å². The zero-order valence-electron chi connectivity index (χ0n) is 17.9. The number of hydrogen-bond donors (Lipinski definition) is 2. The molecule has 1 saturated carbocycles. The molecule has 2 saturated heterocycles. The maximum atomic E-state index is 14.4. The molecule has 0 bridgehead atoms. The number of nitrogens with zero attached hydrogens (tertiary/aromatic N) is 3. The lowest BCUT2D eigenvalue weighted by Gasteiger charge is -2.15. The predicted molar refractivity (Wildman–Crippen MR) is 115 cm³/mol. The van der Waals surface area contributed by atoms with E-state index in [2.05, 4.69) is 21.7 Å². The van der Waals surface area contributed by atoms with Gasteiger partial charge in [-0.05, 0) is 43.1 Å². The van der Waals surface area contributed by atoms with Crippen molar-refractivity contribution in [2.24, 2.45) is 17.8 Å². The van der Waals surface area contributed by atoms with Crippen molar-refractivity contribution >= 4 is 17.7 Å². The summed E-state index contributed by atoms with van der Waals surface area (Å²) in [4.78, 5) is 27.8. The number of aromatic nitrogens is 1. The maximum Gasteiger partial charge on any atom is 0.414 e. The third kappa shape index (κ3) is 4.93. The molecule has 4 atom stereocenters. The van der Waals surface area contributed by atoms with E-state index >= 15 is 0 Å². The van der Waals surface area contributed by atoms with Crippen LogP contribution in [-0.4, -0.2) is 49.3 Å². The summed E-state index contributed by atoms with van der Waals surface area (Å²) in [7, 11) is 0. The lowest BCUT2D eigenvalue weighted by atomic mass is 10.1. The first-order valence-electron chi connectivity index (χ1n) is 10.6. The molecule has 172 valence electrons. The summed E-state index contributed by atoms with van der Waals surface area (Å²) in [6.07, 6.45) is 1.56. The molecule has 5 rings (SSSR count). The molecule has 3 aliphatic rings. The van der Waals surface area contributed by atoms with Gasteiger partial charge in [0.1, 0.15) is 17.7 Å². The van der Waals surface area contributed by atoms with Crippen LogP contribution < -0.4 is 15.5 Å². The third-order valence-electron chi connectivity index (χ3n) is 5.98. The van der Waals surface area contributed by atoms with E-state index in [1.807, 2.05) is 0 Å². The average molecular weight is 455 g/mol. The molecule has 0 radical (unpaired) electrons. The van der Waals surface area contributed by atoms with Gasteiger partial charge in [0.05, 0.1) is 36.3 Å². The van der Waals surface area contributed by atoms with Gasteiger partial charge in [0.2, 0.25) is 5.91 Å². The summed E-state index contributed by atoms with van der Waals surface area (Å²) in [5.74, 6) is -0.00844.